The maximum Gasteiger partial charge on any atom is 0.241 e. The normalized spacial score (nSPS) is 11.0. The number of aryl methyl sites for hydroxylation is 1. The van der Waals surface area contributed by atoms with Gasteiger partial charge in [-0.1, -0.05) is 32.7 Å². The van der Waals surface area contributed by atoms with Crippen LogP contribution >= 0.6 is 27.5 Å². The highest BCUT2D eigenvalue weighted by Crippen LogP contribution is 2.20. The molecule has 1 N–H and O–H groups in total. The number of likely N-dealkylation sites (N-methyl/N-ethyl adjacent to an activating group) is 1. The highest BCUT2D eigenvalue weighted by atomic mass is 79.9. The van der Waals surface area contributed by atoms with Crippen molar-refractivity contribution in [2.75, 3.05) is 18.9 Å². The fourth-order valence-corrected chi connectivity index (χ4v) is 3.13. The molecule has 0 bridgehead atoms. The van der Waals surface area contributed by atoms with Crippen LogP contribution in [0.2, 0.25) is 5.02 Å². The molecule has 140 valence electrons. The van der Waals surface area contributed by atoms with Crippen LogP contribution in [-0.4, -0.2) is 34.5 Å². The fourth-order valence-electron chi connectivity index (χ4n) is 2.52. The van der Waals surface area contributed by atoms with Gasteiger partial charge in [0.1, 0.15) is 0 Å². The number of rotatable bonds is 6. The van der Waals surface area contributed by atoms with E-state index in [4.69, 9.17) is 16.1 Å². The zero-order valence-electron chi connectivity index (χ0n) is 14.9. The second-order valence-electron chi connectivity index (χ2n) is 6.20. The number of halogens is 2. The molecule has 0 fully saturated rings. The summed E-state index contributed by atoms with van der Waals surface area (Å²) in [6.07, 6.45) is 0. The van der Waals surface area contributed by atoms with Crippen molar-refractivity contribution < 1.29 is 9.32 Å². The summed E-state index contributed by atoms with van der Waals surface area (Å²) in [5.74, 6) is 0.820. The van der Waals surface area contributed by atoms with Crippen LogP contribution in [0.15, 0.2) is 51.5 Å². The Morgan fingerprint density at radius 1 is 1.26 bits per heavy atom. The molecular weight excluding hydrogens is 432 g/mol. The van der Waals surface area contributed by atoms with Gasteiger partial charge in [0.2, 0.25) is 17.6 Å². The van der Waals surface area contributed by atoms with Crippen molar-refractivity contribution in [2.45, 2.75) is 13.5 Å². The van der Waals surface area contributed by atoms with Crippen molar-refractivity contribution in [1.82, 2.24) is 15.0 Å². The number of carbonyl (C=O) groups excluding carboxylic acids is 1. The van der Waals surface area contributed by atoms with E-state index in [0.29, 0.717) is 23.3 Å². The van der Waals surface area contributed by atoms with Crippen molar-refractivity contribution in [3.8, 4) is 11.4 Å². The number of aromatic nitrogens is 2. The quantitative estimate of drug-likeness (QED) is 0.598. The van der Waals surface area contributed by atoms with Crippen molar-refractivity contribution in [1.29, 1.82) is 0 Å². The Bertz CT molecular complexity index is 943. The first-order valence-electron chi connectivity index (χ1n) is 8.24. The van der Waals surface area contributed by atoms with Crippen molar-refractivity contribution in [3.05, 3.63) is 63.4 Å². The minimum absolute atomic E-state index is 0.111. The van der Waals surface area contributed by atoms with Crippen LogP contribution in [-0.2, 0) is 11.3 Å². The van der Waals surface area contributed by atoms with Gasteiger partial charge in [-0.05, 0) is 62.0 Å². The molecule has 0 atom stereocenters. The van der Waals surface area contributed by atoms with Gasteiger partial charge in [-0.2, -0.15) is 4.98 Å². The van der Waals surface area contributed by atoms with Crippen LogP contribution in [0.3, 0.4) is 0 Å². The van der Waals surface area contributed by atoms with Gasteiger partial charge in [0.05, 0.1) is 13.1 Å². The van der Waals surface area contributed by atoms with E-state index in [1.807, 2.05) is 49.2 Å². The van der Waals surface area contributed by atoms with Gasteiger partial charge in [-0.3, -0.25) is 9.69 Å². The Hall–Kier alpha value is -2.22. The first kappa shape index (κ1) is 19.5. The number of carbonyl (C=O) groups is 1. The third-order valence-electron chi connectivity index (χ3n) is 3.85. The number of amides is 1. The predicted molar refractivity (Wildman–Crippen MR) is 109 cm³/mol. The lowest BCUT2D eigenvalue weighted by atomic mass is 10.2. The van der Waals surface area contributed by atoms with Gasteiger partial charge in [-0.25, -0.2) is 0 Å². The van der Waals surface area contributed by atoms with E-state index in [-0.39, 0.29) is 12.5 Å². The molecule has 0 aliphatic rings. The van der Waals surface area contributed by atoms with Gasteiger partial charge in [0.25, 0.3) is 0 Å². The number of hydrogen-bond acceptors (Lipinski definition) is 5. The standard InChI is InChI=1S/C19H18BrClN4O2/c1-12-9-14(20)5-8-16(12)22-17(26)10-25(2)11-18-23-19(24-27-18)13-3-6-15(21)7-4-13/h3-9H,10-11H2,1-2H3,(H,22,26). The number of nitrogens with one attached hydrogen (secondary N) is 1. The maximum absolute atomic E-state index is 12.3. The predicted octanol–water partition coefficient (Wildman–Crippen LogP) is 4.53. The van der Waals surface area contributed by atoms with Crippen LogP contribution in [0, 0.1) is 6.92 Å². The van der Waals surface area contributed by atoms with E-state index in [1.54, 1.807) is 12.1 Å². The van der Waals surface area contributed by atoms with Crippen molar-refractivity contribution in [3.63, 3.8) is 0 Å². The number of anilines is 1. The van der Waals surface area contributed by atoms with E-state index in [2.05, 4.69) is 31.4 Å². The van der Waals surface area contributed by atoms with E-state index in [0.717, 1.165) is 21.3 Å². The molecule has 0 spiro atoms. The summed E-state index contributed by atoms with van der Waals surface area (Å²) in [5, 5.41) is 7.53. The molecule has 3 aromatic rings. The monoisotopic (exact) mass is 448 g/mol. The minimum atomic E-state index is -0.111. The number of benzene rings is 2. The van der Waals surface area contributed by atoms with E-state index in [1.165, 1.54) is 0 Å². The average Bonchev–Trinajstić information content (AvgIpc) is 3.06. The lowest BCUT2D eigenvalue weighted by Gasteiger charge is -2.15. The summed E-state index contributed by atoms with van der Waals surface area (Å²) in [7, 11) is 1.82. The van der Waals surface area contributed by atoms with Gasteiger partial charge in [-0.15, -0.1) is 0 Å². The summed E-state index contributed by atoms with van der Waals surface area (Å²) in [6, 6.07) is 12.9. The molecule has 3 rings (SSSR count). The first-order chi connectivity index (χ1) is 12.9. The molecule has 0 aliphatic heterocycles. The average molecular weight is 450 g/mol. The van der Waals surface area contributed by atoms with Crippen LogP contribution in [0.25, 0.3) is 11.4 Å². The summed E-state index contributed by atoms with van der Waals surface area (Å²) in [5.41, 5.74) is 2.60. The Labute approximate surface area is 170 Å². The Morgan fingerprint density at radius 3 is 2.70 bits per heavy atom. The Kier molecular flexibility index (Phi) is 6.26. The van der Waals surface area contributed by atoms with Crippen LogP contribution in [0.1, 0.15) is 11.5 Å². The lowest BCUT2D eigenvalue weighted by Crippen LogP contribution is -2.30. The van der Waals surface area contributed by atoms with Crippen LogP contribution in [0.5, 0.6) is 0 Å². The molecule has 0 aliphatic carbocycles. The van der Waals surface area contributed by atoms with E-state index < -0.39 is 0 Å². The third-order valence-corrected chi connectivity index (χ3v) is 4.60. The van der Waals surface area contributed by atoms with Crippen molar-refractivity contribution >= 4 is 39.1 Å². The molecule has 8 heteroatoms. The summed E-state index contributed by atoms with van der Waals surface area (Å²) in [6.45, 7) is 2.52. The molecule has 0 radical (unpaired) electrons. The largest absolute Gasteiger partial charge is 0.338 e. The van der Waals surface area contributed by atoms with E-state index in [9.17, 15) is 4.79 Å². The molecule has 0 unspecified atom stereocenters. The fraction of sp³-hybridized carbons (Fsp3) is 0.211. The SMILES string of the molecule is Cc1cc(Br)ccc1NC(=O)CN(C)Cc1nc(-c2ccc(Cl)cc2)no1. The van der Waals surface area contributed by atoms with Crippen molar-refractivity contribution in [2.24, 2.45) is 0 Å². The summed E-state index contributed by atoms with van der Waals surface area (Å²) >= 11 is 9.30. The highest BCUT2D eigenvalue weighted by Gasteiger charge is 2.14. The van der Waals surface area contributed by atoms with Gasteiger partial charge < -0.3 is 9.84 Å². The third kappa shape index (κ3) is 5.38. The molecule has 2 aromatic carbocycles. The lowest BCUT2D eigenvalue weighted by molar-refractivity contribution is -0.117. The first-order valence-corrected chi connectivity index (χ1v) is 9.41. The Morgan fingerprint density at radius 2 is 2.00 bits per heavy atom. The Balaban J connectivity index is 1.56. The van der Waals surface area contributed by atoms with Gasteiger partial charge in [0, 0.05) is 20.7 Å². The molecule has 6 nitrogen and oxygen atoms in total. The molecule has 1 heterocycles. The molecule has 0 saturated heterocycles. The summed E-state index contributed by atoms with van der Waals surface area (Å²) in [4.78, 5) is 18.4. The van der Waals surface area contributed by atoms with E-state index >= 15 is 0 Å². The molecule has 27 heavy (non-hydrogen) atoms. The second-order valence-corrected chi connectivity index (χ2v) is 7.55. The van der Waals surface area contributed by atoms with Crippen LogP contribution in [0.4, 0.5) is 5.69 Å². The smallest absolute Gasteiger partial charge is 0.241 e. The number of nitrogens with zero attached hydrogens (tertiary/aromatic N) is 3. The second kappa shape index (κ2) is 8.65. The van der Waals surface area contributed by atoms with Crippen LogP contribution < -0.4 is 5.32 Å². The maximum atomic E-state index is 12.3. The molecule has 0 saturated carbocycles. The molecule has 1 amide bonds. The topological polar surface area (TPSA) is 71.3 Å². The number of hydrogen-bond donors (Lipinski definition) is 1. The summed E-state index contributed by atoms with van der Waals surface area (Å²) < 4.78 is 6.25. The zero-order chi connectivity index (χ0) is 19.4. The molecule has 1 aromatic heterocycles. The van der Waals surface area contributed by atoms with Gasteiger partial charge in [0.15, 0.2) is 0 Å². The highest BCUT2D eigenvalue weighted by molar-refractivity contribution is 9.10. The minimum Gasteiger partial charge on any atom is -0.338 e. The molecular formula is C19H18BrClN4O2. The zero-order valence-corrected chi connectivity index (χ0v) is 17.2. The van der Waals surface area contributed by atoms with Gasteiger partial charge >= 0.3 is 0 Å².